The van der Waals surface area contributed by atoms with Gasteiger partial charge in [-0.25, -0.2) is 4.98 Å². The Morgan fingerprint density at radius 2 is 2.47 bits per heavy atom. The minimum absolute atomic E-state index is 0.795. The Hall–Kier alpha value is -0.650. The number of rotatable bonds is 4. The summed E-state index contributed by atoms with van der Waals surface area (Å²) in [5.41, 5.74) is 1.08. The Morgan fingerprint density at radius 3 is 3.13 bits per heavy atom. The Morgan fingerprint density at radius 1 is 1.60 bits per heavy atom. The number of hydrogen-bond acceptors (Lipinski definition) is 3. The van der Waals surface area contributed by atoms with E-state index in [1.807, 2.05) is 6.20 Å². The van der Waals surface area contributed by atoms with Crippen molar-refractivity contribution in [3.8, 4) is 10.6 Å². The van der Waals surface area contributed by atoms with Crippen LogP contribution in [0.4, 0.5) is 0 Å². The maximum absolute atomic E-state index is 4.31. The predicted octanol–water partition coefficient (Wildman–Crippen LogP) is 3.01. The lowest BCUT2D eigenvalue weighted by Gasteiger charge is -1.96. The molecule has 3 nitrogen and oxygen atoms in total. The summed E-state index contributed by atoms with van der Waals surface area (Å²) in [6.07, 6.45) is 1.88. The molecule has 5 heteroatoms. The van der Waals surface area contributed by atoms with E-state index in [-0.39, 0.29) is 0 Å². The molecule has 2 heterocycles. The van der Waals surface area contributed by atoms with Gasteiger partial charge in [0.15, 0.2) is 0 Å². The van der Waals surface area contributed by atoms with Crippen molar-refractivity contribution in [1.82, 2.24) is 15.3 Å². The average Bonchev–Trinajstić information content (AvgIpc) is 2.83. The van der Waals surface area contributed by atoms with Crippen molar-refractivity contribution in [3.63, 3.8) is 0 Å². The summed E-state index contributed by atoms with van der Waals surface area (Å²) < 4.78 is 1.12. The summed E-state index contributed by atoms with van der Waals surface area (Å²) in [4.78, 5) is 8.81. The Labute approximate surface area is 101 Å². The van der Waals surface area contributed by atoms with Crippen LogP contribution in [-0.4, -0.2) is 16.5 Å². The van der Waals surface area contributed by atoms with Gasteiger partial charge in [-0.1, -0.05) is 6.92 Å². The van der Waals surface area contributed by atoms with Crippen molar-refractivity contribution in [2.75, 3.05) is 6.54 Å². The van der Waals surface area contributed by atoms with Crippen LogP contribution in [0, 0.1) is 0 Å². The molecule has 0 saturated heterocycles. The molecule has 0 fully saturated rings. The SMILES string of the molecule is CCNCc1ncc(-c2cc(Br)cs2)[nH]1. The van der Waals surface area contributed by atoms with Crippen molar-refractivity contribution in [1.29, 1.82) is 0 Å². The second-order valence-electron chi connectivity index (χ2n) is 3.15. The summed E-state index contributed by atoms with van der Waals surface area (Å²) in [6, 6.07) is 2.09. The second kappa shape index (κ2) is 4.92. The topological polar surface area (TPSA) is 40.7 Å². The van der Waals surface area contributed by atoms with Crippen LogP contribution in [0.1, 0.15) is 12.7 Å². The van der Waals surface area contributed by atoms with E-state index in [0.717, 1.165) is 29.1 Å². The number of aromatic nitrogens is 2. The third kappa shape index (κ3) is 2.68. The lowest BCUT2D eigenvalue weighted by Crippen LogP contribution is -2.12. The normalized spacial score (nSPS) is 10.8. The number of nitrogens with zero attached hydrogens (tertiary/aromatic N) is 1. The number of thiophene rings is 1. The quantitative estimate of drug-likeness (QED) is 0.907. The number of aromatic amines is 1. The predicted molar refractivity (Wildman–Crippen MR) is 67.0 cm³/mol. The van der Waals surface area contributed by atoms with Gasteiger partial charge in [0.2, 0.25) is 0 Å². The highest BCUT2D eigenvalue weighted by molar-refractivity contribution is 9.10. The van der Waals surface area contributed by atoms with E-state index >= 15 is 0 Å². The van der Waals surface area contributed by atoms with Crippen LogP contribution in [-0.2, 0) is 6.54 Å². The molecule has 2 aromatic rings. The van der Waals surface area contributed by atoms with Crippen molar-refractivity contribution in [2.24, 2.45) is 0 Å². The van der Waals surface area contributed by atoms with Crippen LogP contribution in [0.15, 0.2) is 22.1 Å². The van der Waals surface area contributed by atoms with Crippen molar-refractivity contribution in [3.05, 3.63) is 27.9 Å². The molecule has 0 amide bonds. The molecule has 2 aromatic heterocycles. The van der Waals surface area contributed by atoms with Crippen LogP contribution >= 0.6 is 27.3 Å². The zero-order chi connectivity index (χ0) is 10.7. The van der Waals surface area contributed by atoms with E-state index in [2.05, 4.69) is 49.6 Å². The van der Waals surface area contributed by atoms with E-state index in [1.165, 1.54) is 4.88 Å². The zero-order valence-corrected chi connectivity index (χ0v) is 10.8. The van der Waals surface area contributed by atoms with Crippen molar-refractivity contribution >= 4 is 27.3 Å². The molecular weight excluding hydrogens is 274 g/mol. The monoisotopic (exact) mass is 285 g/mol. The molecule has 15 heavy (non-hydrogen) atoms. The number of H-pyrrole nitrogens is 1. The lowest BCUT2D eigenvalue weighted by molar-refractivity contribution is 0.698. The molecule has 0 aliphatic heterocycles. The van der Waals surface area contributed by atoms with Gasteiger partial charge in [0.05, 0.1) is 23.3 Å². The van der Waals surface area contributed by atoms with Gasteiger partial charge in [0.1, 0.15) is 5.82 Å². The number of imidazole rings is 1. The van der Waals surface area contributed by atoms with Gasteiger partial charge in [-0.15, -0.1) is 11.3 Å². The third-order valence-electron chi connectivity index (χ3n) is 2.00. The average molecular weight is 286 g/mol. The van der Waals surface area contributed by atoms with E-state index < -0.39 is 0 Å². The molecule has 0 radical (unpaired) electrons. The first-order valence-electron chi connectivity index (χ1n) is 4.78. The lowest BCUT2D eigenvalue weighted by atomic mass is 10.4. The first-order valence-corrected chi connectivity index (χ1v) is 6.46. The Bertz CT molecular complexity index is 435. The number of hydrogen-bond donors (Lipinski definition) is 2. The maximum Gasteiger partial charge on any atom is 0.120 e. The molecule has 2 N–H and O–H groups in total. The van der Waals surface area contributed by atoms with Crippen LogP contribution in [0.2, 0.25) is 0 Å². The van der Waals surface area contributed by atoms with Crippen molar-refractivity contribution in [2.45, 2.75) is 13.5 Å². The van der Waals surface area contributed by atoms with Crippen molar-refractivity contribution < 1.29 is 0 Å². The van der Waals surface area contributed by atoms with Crippen LogP contribution in [0.5, 0.6) is 0 Å². The molecule has 80 valence electrons. The fraction of sp³-hybridized carbons (Fsp3) is 0.300. The highest BCUT2D eigenvalue weighted by Gasteiger charge is 2.04. The maximum atomic E-state index is 4.31. The minimum atomic E-state index is 0.795. The van der Waals surface area contributed by atoms with E-state index in [9.17, 15) is 0 Å². The number of halogens is 1. The Kier molecular flexibility index (Phi) is 3.56. The van der Waals surface area contributed by atoms with Gasteiger partial charge in [0, 0.05) is 9.85 Å². The molecule has 0 bridgehead atoms. The van der Waals surface area contributed by atoms with Crippen LogP contribution < -0.4 is 5.32 Å². The standard InChI is InChI=1S/C10H12BrN3S/c1-2-12-5-10-13-4-8(14-10)9-3-7(11)6-15-9/h3-4,6,12H,2,5H2,1H3,(H,13,14). The van der Waals surface area contributed by atoms with E-state index in [4.69, 9.17) is 0 Å². The summed E-state index contributed by atoms with van der Waals surface area (Å²) >= 11 is 5.14. The summed E-state index contributed by atoms with van der Waals surface area (Å²) in [6.45, 7) is 3.84. The van der Waals surface area contributed by atoms with E-state index in [1.54, 1.807) is 11.3 Å². The fourth-order valence-corrected chi connectivity index (χ4v) is 2.67. The smallest absolute Gasteiger partial charge is 0.120 e. The molecule has 0 atom stereocenters. The van der Waals surface area contributed by atoms with Crippen LogP contribution in [0.3, 0.4) is 0 Å². The van der Waals surface area contributed by atoms with Crippen LogP contribution in [0.25, 0.3) is 10.6 Å². The molecule has 0 aromatic carbocycles. The fourth-order valence-electron chi connectivity index (χ4n) is 1.28. The first-order chi connectivity index (χ1) is 7.29. The summed E-state index contributed by atoms with van der Waals surface area (Å²) in [5, 5.41) is 5.30. The van der Waals surface area contributed by atoms with Gasteiger partial charge < -0.3 is 10.3 Å². The minimum Gasteiger partial charge on any atom is -0.340 e. The first kappa shape index (κ1) is 10.9. The van der Waals surface area contributed by atoms with Gasteiger partial charge >= 0.3 is 0 Å². The largest absolute Gasteiger partial charge is 0.340 e. The molecule has 0 aliphatic carbocycles. The molecule has 0 unspecified atom stereocenters. The van der Waals surface area contributed by atoms with Gasteiger partial charge in [-0.2, -0.15) is 0 Å². The molecular formula is C10H12BrN3S. The second-order valence-corrected chi connectivity index (χ2v) is 4.98. The third-order valence-corrected chi connectivity index (χ3v) is 3.73. The molecule has 0 aliphatic rings. The zero-order valence-electron chi connectivity index (χ0n) is 8.38. The molecule has 0 saturated carbocycles. The van der Waals surface area contributed by atoms with Gasteiger partial charge in [-0.05, 0) is 28.5 Å². The van der Waals surface area contributed by atoms with Gasteiger partial charge in [0.25, 0.3) is 0 Å². The Balaban J connectivity index is 2.13. The summed E-state index contributed by atoms with van der Waals surface area (Å²) in [5.74, 6) is 0.983. The highest BCUT2D eigenvalue weighted by Crippen LogP contribution is 2.28. The van der Waals surface area contributed by atoms with Gasteiger partial charge in [-0.3, -0.25) is 0 Å². The molecule has 0 spiro atoms. The molecule has 2 rings (SSSR count). The highest BCUT2D eigenvalue weighted by atomic mass is 79.9. The number of nitrogens with one attached hydrogen (secondary N) is 2. The summed E-state index contributed by atoms with van der Waals surface area (Å²) in [7, 11) is 0. The van der Waals surface area contributed by atoms with E-state index in [0.29, 0.717) is 0 Å².